The molecule has 0 unspecified atom stereocenters. The predicted molar refractivity (Wildman–Crippen MR) is 57.9 cm³/mol. The van der Waals surface area contributed by atoms with Crippen molar-refractivity contribution in [1.29, 1.82) is 0 Å². The lowest BCUT2D eigenvalue weighted by Gasteiger charge is -2.17. The third kappa shape index (κ3) is 6.16. The van der Waals surface area contributed by atoms with Crippen molar-refractivity contribution in [3.05, 3.63) is 23.8 Å². The van der Waals surface area contributed by atoms with Crippen LogP contribution >= 0.6 is 20.9 Å². The number of hydrogen-bond donors (Lipinski definition) is 0. The molecule has 0 saturated heterocycles. The second kappa shape index (κ2) is 7.01. The Morgan fingerprint density at radius 1 is 1.42 bits per heavy atom. The van der Waals surface area contributed by atoms with Crippen LogP contribution in [0.4, 0.5) is 0 Å². The first-order valence-electron chi connectivity index (χ1n) is 4.79. The molecule has 19 heavy (non-hydrogen) atoms. The average Bonchev–Trinajstić information content (AvgIpc) is 2.73. The summed E-state index contributed by atoms with van der Waals surface area (Å²) in [6, 6.07) is 5.41. The number of fused-ring (bicyclic) bond motifs is 1. The van der Waals surface area contributed by atoms with Crippen LogP contribution in [-0.4, -0.2) is 16.9 Å². The van der Waals surface area contributed by atoms with Crippen LogP contribution in [0.25, 0.3) is 10.2 Å². The monoisotopic (exact) mass is 325 g/mol. The SMILES string of the molecule is CCOC(=O)c1ccc2ns[s+]c2c1.[O-][Cl+3]([O-])([O-])[O-]. The van der Waals surface area contributed by atoms with E-state index in [1.807, 2.05) is 12.1 Å². The highest BCUT2D eigenvalue weighted by Gasteiger charge is 2.14. The molecule has 0 aliphatic rings. The van der Waals surface area contributed by atoms with Gasteiger partial charge in [-0.15, -0.1) is 14.6 Å². The Morgan fingerprint density at radius 2 is 2.05 bits per heavy atom. The summed E-state index contributed by atoms with van der Waals surface area (Å²) in [5, 5.41) is 0. The molecule has 0 bridgehead atoms. The molecule has 1 aromatic heterocycles. The Morgan fingerprint density at radius 3 is 2.63 bits per heavy atom. The second-order valence-electron chi connectivity index (χ2n) is 3.03. The Hall–Kier alpha value is -0.940. The lowest BCUT2D eigenvalue weighted by Crippen LogP contribution is -2.68. The van der Waals surface area contributed by atoms with Gasteiger partial charge in [0.05, 0.1) is 12.2 Å². The van der Waals surface area contributed by atoms with E-state index in [-0.39, 0.29) is 5.97 Å². The fraction of sp³-hybridized carbons (Fsp3) is 0.222. The first-order valence-corrected chi connectivity index (χ1v) is 8.13. The van der Waals surface area contributed by atoms with E-state index in [1.54, 1.807) is 23.3 Å². The van der Waals surface area contributed by atoms with Crippen LogP contribution in [0.3, 0.4) is 0 Å². The molecule has 7 nitrogen and oxygen atoms in total. The molecule has 10 heteroatoms. The van der Waals surface area contributed by atoms with E-state index in [9.17, 15) is 4.79 Å². The van der Waals surface area contributed by atoms with Crippen molar-refractivity contribution in [3.63, 3.8) is 0 Å². The number of esters is 1. The van der Waals surface area contributed by atoms with Crippen LogP contribution < -0.4 is 18.6 Å². The first-order chi connectivity index (χ1) is 8.81. The molecule has 1 heterocycles. The van der Waals surface area contributed by atoms with Gasteiger partial charge in [-0.2, -0.15) is 0 Å². The lowest BCUT2D eigenvalue weighted by atomic mass is 10.2. The third-order valence-electron chi connectivity index (χ3n) is 1.73. The molecule has 0 atom stereocenters. The molecule has 2 aromatic rings. The zero-order valence-corrected chi connectivity index (χ0v) is 11.9. The number of aromatic nitrogens is 1. The summed E-state index contributed by atoms with van der Waals surface area (Å²) in [6.45, 7) is 2.20. The highest BCUT2D eigenvalue weighted by molar-refractivity contribution is 7.69. The number of benzene rings is 1. The minimum absolute atomic E-state index is 0.271. The lowest BCUT2D eigenvalue weighted by molar-refractivity contribution is -2.00. The summed E-state index contributed by atoms with van der Waals surface area (Å²) >= 11 is 0. The van der Waals surface area contributed by atoms with Gasteiger partial charge >= 0.3 is 16.3 Å². The fourth-order valence-electron chi connectivity index (χ4n) is 1.10. The Labute approximate surface area is 117 Å². The van der Waals surface area contributed by atoms with Crippen LogP contribution in [0.1, 0.15) is 17.3 Å². The van der Waals surface area contributed by atoms with Gasteiger partial charge in [-0.25, -0.2) is 23.4 Å². The van der Waals surface area contributed by atoms with Gasteiger partial charge in [0.1, 0.15) is 5.52 Å². The fourth-order valence-corrected chi connectivity index (χ4v) is 2.88. The molecule has 0 amide bonds. The molecule has 0 radical (unpaired) electrons. The number of carbonyl (C=O) groups is 1. The van der Waals surface area contributed by atoms with E-state index in [0.717, 1.165) is 10.2 Å². The number of ether oxygens (including phenoxy) is 1. The predicted octanol–water partition coefficient (Wildman–Crippen LogP) is -1.94. The molecule has 1 aromatic carbocycles. The van der Waals surface area contributed by atoms with E-state index < -0.39 is 10.2 Å². The summed E-state index contributed by atoms with van der Waals surface area (Å²) < 4.78 is 44.1. The third-order valence-corrected chi connectivity index (χ3v) is 3.57. The summed E-state index contributed by atoms with van der Waals surface area (Å²) in [4.78, 5) is 11.4. The number of rotatable bonds is 2. The Kier molecular flexibility index (Phi) is 5.94. The number of carbonyl (C=O) groups excluding carboxylic acids is 1. The van der Waals surface area contributed by atoms with Crippen molar-refractivity contribution < 1.29 is 38.4 Å². The van der Waals surface area contributed by atoms with Gasteiger partial charge < -0.3 is 4.74 Å². The molecule has 0 saturated carbocycles. The Bertz CT molecular complexity index is 549. The molecule has 0 aliphatic heterocycles. The van der Waals surface area contributed by atoms with Gasteiger partial charge in [-0.1, -0.05) is 0 Å². The van der Waals surface area contributed by atoms with Crippen molar-refractivity contribution in [3.8, 4) is 0 Å². The van der Waals surface area contributed by atoms with E-state index in [2.05, 4.69) is 4.37 Å². The summed E-state index contributed by atoms with van der Waals surface area (Å²) in [5.74, 6) is -0.271. The minimum Gasteiger partial charge on any atom is -0.462 e. The normalized spacial score (nSPS) is 10.8. The van der Waals surface area contributed by atoms with Gasteiger partial charge in [-0.3, -0.25) is 0 Å². The topological polar surface area (TPSA) is 131 Å². The molecule has 104 valence electrons. The maximum atomic E-state index is 11.4. The number of halogens is 1. The summed E-state index contributed by atoms with van der Waals surface area (Å²) in [5.41, 5.74) is 1.53. The summed E-state index contributed by atoms with van der Waals surface area (Å²) in [6.07, 6.45) is 0. The van der Waals surface area contributed by atoms with Crippen molar-refractivity contribution in [1.82, 2.24) is 4.37 Å². The molecular formula is C9H8ClNO6S2. The summed E-state index contributed by atoms with van der Waals surface area (Å²) in [7, 11) is -1.96. The van der Waals surface area contributed by atoms with Crippen LogP contribution in [0.2, 0.25) is 0 Å². The van der Waals surface area contributed by atoms with Crippen LogP contribution in [0.15, 0.2) is 18.2 Å². The quantitative estimate of drug-likeness (QED) is 0.356. The van der Waals surface area contributed by atoms with Crippen LogP contribution in [-0.2, 0) is 4.74 Å². The van der Waals surface area contributed by atoms with E-state index >= 15 is 0 Å². The molecule has 0 N–H and O–H groups in total. The average molecular weight is 326 g/mol. The van der Waals surface area contributed by atoms with Crippen LogP contribution in [0, 0.1) is 10.2 Å². The molecular weight excluding hydrogens is 318 g/mol. The number of nitrogens with zero attached hydrogens (tertiary/aromatic N) is 1. The highest BCUT2D eigenvalue weighted by atomic mass is 35.7. The van der Waals surface area contributed by atoms with E-state index in [1.165, 1.54) is 10.5 Å². The van der Waals surface area contributed by atoms with Crippen LogP contribution in [0.5, 0.6) is 0 Å². The number of hydrogen-bond acceptors (Lipinski definition) is 8. The van der Waals surface area contributed by atoms with Crippen molar-refractivity contribution >= 4 is 37.1 Å². The standard InChI is InChI=1S/C9H8NO2S2.ClHO4/c1-2-12-9(11)6-3-4-7-8(5-6)13-14-10-7;2-1(3,4)5/h3-5H,2H2,1H3;(H,2,3,4,5)/q+1;/p-1. The van der Waals surface area contributed by atoms with Crippen molar-refractivity contribution in [2.75, 3.05) is 6.61 Å². The van der Waals surface area contributed by atoms with Gasteiger partial charge in [0, 0.05) is 6.07 Å². The molecule has 0 fully saturated rings. The highest BCUT2D eigenvalue weighted by Crippen LogP contribution is 2.22. The van der Waals surface area contributed by atoms with Gasteiger partial charge in [-0.05, 0) is 19.1 Å². The maximum absolute atomic E-state index is 11.4. The molecule has 2 rings (SSSR count). The van der Waals surface area contributed by atoms with Gasteiger partial charge in [0.15, 0.2) is 0 Å². The van der Waals surface area contributed by atoms with Crippen molar-refractivity contribution in [2.45, 2.75) is 6.92 Å². The minimum atomic E-state index is -4.94. The van der Waals surface area contributed by atoms with Gasteiger partial charge in [0.2, 0.25) is 0 Å². The maximum Gasteiger partial charge on any atom is 0.338 e. The second-order valence-corrected chi connectivity index (χ2v) is 5.67. The zero-order chi connectivity index (χ0) is 14.5. The van der Waals surface area contributed by atoms with E-state index in [0.29, 0.717) is 12.2 Å². The van der Waals surface area contributed by atoms with Crippen molar-refractivity contribution in [2.24, 2.45) is 0 Å². The molecule has 0 spiro atoms. The van der Waals surface area contributed by atoms with Gasteiger partial charge in [0.25, 0.3) is 15.2 Å². The Balaban J connectivity index is 0.000000312. The zero-order valence-electron chi connectivity index (χ0n) is 9.53. The molecule has 0 aliphatic carbocycles. The largest absolute Gasteiger partial charge is 0.462 e. The smallest absolute Gasteiger partial charge is 0.338 e. The van der Waals surface area contributed by atoms with E-state index in [4.69, 9.17) is 23.4 Å². The first kappa shape index (κ1) is 16.1.